The maximum Gasteiger partial charge on any atom is 0.226 e. The Kier molecular flexibility index (Phi) is 6.01. The highest BCUT2D eigenvalue weighted by Crippen LogP contribution is 2.18. The highest BCUT2D eigenvalue weighted by Gasteiger charge is 2.23. The Labute approximate surface area is 158 Å². The highest BCUT2D eigenvalue weighted by atomic mass is 16.5. The largest absolute Gasteiger partial charge is 0.352 e. The van der Waals surface area contributed by atoms with Crippen molar-refractivity contribution < 1.29 is 9.32 Å². The number of carbonyl (C=O) groups excluding carboxylic acids is 1. The summed E-state index contributed by atoms with van der Waals surface area (Å²) in [6, 6.07) is 5.70. The van der Waals surface area contributed by atoms with Crippen molar-refractivity contribution >= 4 is 11.7 Å². The first-order valence-corrected chi connectivity index (χ1v) is 9.29. The molecular weight excluding hydrogens is 344 g/mol. The zero-order valence-electron chi connectivity index (χ0n) is 15.8. The summed E-state index contributed by atoms with van der Waals surface area (Å²) in [6.07, 6.45) is 3.46. The number of aromatic nitrogens is 3. The summed E-state index contributed by atoms with van der Waals surface area (Å²) in [5, 5.41) is 13.2. The van der Waals surface area contributed by atoms with Crippen molar-refractivity contribution in [3.05, 3.63) is 35.6 Å². The Bertz CT molecular complexity index is 818. The van der Waals surface area contributed by atoms with Gasteiger partial charge in [-0.05, 0) is 18.6 Å². The number of hydrogen-bond donors (Lipinski definition) is 0. The molecule has 1 saturated heterocycles. The standard InChI is InChI=1S/C19H24N6O2/c1-14(2)18-22-16(27-23-18)6-3-7-17(26)24-9-11-25(12-10-24)19-15(13-20)5-4-8-21-19/h4-5,8,14H,3,6-7,9-12H2,1-2H3. The minimum atomic E-state index is 0.139. The van der Waals surface area contributed by atoms with E-state index in [-0.39, 0.29) is 11.8 Å². The van der Waals surface area contributed by atoms with E-state index in [0.717, 1.165) is 0 Å². The lowest BCUT2D eigenvalue weighted by Crippen LogP contribution is -2.49. The van der Waals surface area contributed by atoms with Gasteiger partial charge in [0.15, 0.2) is 5.82 Å². The molecule has 0 atom stereocenters. The van der Waals surface area contributed by atoms with Gasteiger partial charge in [0.05, 0.1) is 5.56 Å². The average Bonchev–Trinajstić information content (AvgIpc) is 3.17. The monoisotopic (exact) mass is 368 g/mol. The number of anilines is 1. The van der Waals surface area contributed by atoms with Gasteiger partial charge < -0.3 is 14.3 Å². The number of amides is 1. The van der Waals surface area contributed by atoms with Gasteiger partial charge in [-0.1, -0.05) is 19.0 Å². The second kappa shape index (κ2) is 8.62. The maximum atomic E-state index is 12.4. The fraction of sp³-hybridized carbons (Fsp3) is 0.526. The van der Waals surface area contributed by atoms with Crippen molar-refractivity contribution in [1.29, 1.82) is 5.26 Å². The molecule has 3 heterocycles. The molecule has 142 valence electrons. The third kappa shape index (κ3) is 4.61. The minimum absolute atomic E-state index is 0.139. The Hall–Kier alpha value is -2.95. The molecule has 8 nitrogen and oxygen atoms in total. The molecule has 1 fully saturated rings. The molecule has 0 spiro atoms. The molecule has 2 aromatic rings. The fourth-order valence-electron chi connectivity index (χ4n) is 3.06. The van der Waals surface area contributed by atoms with Crippen LogP contribution >= 0.6 is 0 Å². The van der Waals surface area contributed by atoms with Gasteiger partial charge in [-0.2, -0.15) is 10.2 Å². The van der Waals surface area contributed by atoms with E-state index in [1.54, 1.807) is 18.3 Å². The van der Waals surface area contributed by atoms with E-state index in [4.69, 9.17) is 4.52 Å². The first-order valence-electron chi connectivity index (χ1n) is 9.29. The molecule has 0 saturated carbocycles. The van der Waals surface area contributed by atoms with E-state index in [2.05, 4.69) is 26.1 Å². The van der Waals surface area contributed by atoms with Crippen LogP contribution in [0.4, 0.5) is 5.82 Å². The number of rotatable bonds is 6. The SMILES string of the molecule is CC(C)c1noc(CCCC(=O)N2CCN(c3ncccc3C#N)CC2)n1. The molecule has 8 heteroatoms. The number of carbonyl (C=O) groups is 1. The third-order valence-electron chi connectivity index (χ3n) is 4.62. The topological polar surface area (TPSA) is 99.2 Å². The zero-order valence-corrected chi connectivity index (χ0v) is 15.8. The Morgan fingerprint density at radius 1 is 1.33 bits per heavy atom. The smallest absolute Gasteiger partial charge is 0.226 e. The number of aryl methyl sites for hydroxylation is 1. The van der Waals surface area contributed by atoms with Crippen LogP contribution in [0.5, 0.6) is 0 Å². The van der Waals surface area contributed by atoms with Gasteiger partial charge in [0.25, 0.3) is 0 Å². The summed E-state index contributed by atoms with van der Waals surface area (Å²) >= 11 is 0. The fourth-order valence-corrected chi connectivity index (χ4v) is 3.06. The van der Waals surface area contributed by atoms with Crippen LogP contribution in [-0.2, 0) is 11.2 Å². The van der Waals surface area contributed by atoms with Crippen LogP contribution in [0.2, 0.25) is 0 Å². The van der Waals surface area contributed by atoms with Gasteiger partial charge >= 0.3 is 0 Å². The highest BCUT2D eigenvalue weighted by molar-refractivity contribution is 5.76. The first-order chi connectivity index (χ1) is 13.1. The van der Waals surface area contributed by atoms with Crippen molar-refractivity contribution in [1.82, 2.24) is 20.0 Å². The Balaban J connectivity index is 1.45. The molecular formula is C19H24N6O2. The van der Waals surface area contributed by atoms with Gasteiger partial charge in [0.2, 0.25) is 11.8 Å². The first kappa shape index (κ1) is 18.8. The third-order valence-corrected chi connectivity index (χ3v) is 4.62. The van der Waals surface area contributed by atoms with E-state index in [9.17, 15) is 10.1 Å². The molecule has 0 N–H and O–H groups in total. The summed E-state index contributed by atoms with van der Waals surface area (Å²) < 4.78 is 5.21. The molecule has 1 aliphatic rings. The molecule has 27 heavy (non-hydrogen) atoms. The van der Waals surface area contributed by atoms with Crippen LogP contribution in [-0.4, -0.2) is 52.1 Å². The Morgan fingerprint density at radius 2 is 2.11 bits per heavy atom. The molecule has 0 unspecified atom stereocenters. The van der Waals surface area contributed by atoms with E-state index in [1.807, 2.05) is 18.7 Å². The lowest BCUT2D eigenvalue weighted by atomic mass is 10.2. The second-order valence-electron chi connectivity index (χ2n) is 6.91. The van der Waals surface area contributed by atoms with Crippen molar-refractivity contribution in [2.24, 2.45) is 0 Å². The number of nitriles is 1. The van der Waals surface area contributed by atoms with Crippen LogP contribution in [0.15, 0.2) is 22.9 Å². The summed E-state index contributed by atoms with van der Waals surface area (Å²) in [6.45, 7) is 6.67. The van der Waals surface area contributed by atoms with Crippen LogP contribution in [0, 0.1) is 11.3 Å². The van der Waals surface area contributed by atoms with Crippen LogP contribution in [0.1, 0.15) is 49.9 Å². The van der Waals surface area contributed by atoms with E-state index in [0.29, 0.717) is 68.5 Å². The maximum absolute atomic E-state index is 12.4. The molecule has 0 bridgehead atoms. The van der Waals surface area contributed by atoms with Crippen LogP contribution < -0.4 is 4.90 Å². The Morgan fingerprint density at radius 3 is 2.78 bits per heavy atom. The van der Waals surface area contributed by atoms with Gasteiger partial charge in [-0.25, -0.2) is 4.98 Å². The van der Waals surface area contributed by atoms with E-state index < -0.39 is 0 Å². The summed E-state index contributed by atoms with van der Waals surface area (Å²) in [4.78, 5) is 25.0. The normalized spacial score (nSPS) is 14.4. The predicted molar refractivity (Wildman–Crippen MR) is 99.1 cm³/mol. The minimum Gasteiger partial charge on any atom is -0.352 e. The van der Waals surface area contributed by atoms with Crippen molar-refractivity contribution in [2.75, 3.05) is 31.1 Å². The summed E-state index contributed by atoms with van der Waals surface area (Å²) in [5.74, 6) is 2.37. The second-order valence-corrected chi connectivity index (χ2v) is 6.91. The number of nitrogens with zero attached hydrogens (tertiary/aromatic N) is 6. The number of piperazine rings is 1. The zero-order chi connectivity index (χ0) is 19.2. The van der Waals surface area contributed by atoms with Gasteiger partial charge in [-0.3, -0.25) is 4.79 Å². The van der Waals surface area contributed by atoms with Gasteiger partial charge in [-0.15, -0.1) is 0 Å². The van der Waals surface area contributed by atoms with Crippen LogP contribution in [0.3, 0.4) is 0 Å². The summed E-state index contributed by atoms with van der Waals surface area (Å²) in [5.41, 5.74) is 0.567. The van der Waals surface area contributed by atoms with E-state index in [1.165, 1.54) is 0 Å². The van der Waals surface area contributed by atoms with Gasteiger partial charge in [0, 0.05) is 51.1 Å². The van der Waals surface area contributed by atoms with Crippen molar-refractivity contribution in [3.63, 3.8) is 0 Å². The lowest BCUT2D eigenvalue weighted by molar-refractivity contribution is -0.131. The van der Waals surface area contributed by atoms with Crippen molar-refractivity contribution in [3.8, 4) is 6.07 Å². The average molecular weight is 368 g/mol. The molecule has 3 rings (SSSR count). The van der Waals surface area contributed by atoms with Crippen LogP contribution in [0.25, 0.3) is 0 Å². The summed E-state index contributed by atoms with van der Waals surface area (Å²) in [7, 11) is 0. The quantitative estimate of drug-likeness (QED) is 0.770. The number of hydrogen-bond acceptors (Lipinski definition) is 7. The predicted octanol–water partition coefficient (Wildman–Crippen LogP) is 2.13. The molecule has 2 aromatic heterocycles. The van der Waals surface area contributed by atoms with Gasteiger partial charge in [0.1, 0.15) is 11.9 Å². The van der Waals surface area contributed by atoms with E-state index >= 15 is 0 Å². The van der Waals surface area contributed by atoms with Crippen molar-refractivity contribution in [2.45, 2.75) is 39.0 Å². The number of pyridine rings is 1. The lowest BCUT2D eigenvalue weighted by Gasteiger charge is -2.35. The molecule has 0 aromatic carbocycles. The molecule has 0 radical (unpaired) electrons. The molecule has 1 amide bonds. The molecule has 0 aliphatic carbocycles. The molecule has 1 aliphatic heterocycles.